The molecule has 10 aromatic carbocycles. The Balaban J connectivity index is 0.000000210. The van der Waals surface area contributed by atoms with E-state index in [-0.39, 0.29) is 20.4 Å². The average Bonchev–Trinajstić information content (AvgIpc) is 0.772. The Bertz CT molecular complexity index is 4890. The molecule has 3 atom stereocenters. The lowest BCUT2D eigenvalue weighted by molar-refractivity contribution is -0.352. The van der Waals surface area contributed by atoms with Gasteiger partial charge in [0.05, 0.1) is 22.5 Å². The zero-order valence-electron chi connectivity index (χ0n) is 69.2. The molecule has 10 aromatic rings. The molecule has 574 valence electrons. The number of hydrogen-bond donors (Lipinski definition) is 3. The lowest BCUT2D eigenvalue weighted by Crippen LogP contribution is -2.67. The van der Waals surface area contributed by atoms with Crippen molar-refractivity contribution in [2.24, 2.45) is 4.99 Å². The van der Waals surface area contributed by atoms with Crippen molar-refractivity contribution in [1.82, 2.24) is 0 Å². The molecule has 0 spiro atoms. The summed E-state index contributed by atoms with van der Waals surface area (Å²) in [5.41, 5.74) is 30.9. The summed E-state index contributed by atoms with van der Waals surface area (Å²) in [6, 6.07) is 87.0. The second-order valence-corrected chi connectivity index (χ2v) is 28.7. The molecule has 0 fully saturated rings. The lowest BCUT2D eigenvalue weighted by atomic mass is 9.83. The number of carboxylic acids is 1. The van der Waals surface area contributed by atoms with Crippen molar-refractivity contribution in [3.05, 3.63) is 377 Å². The molecule has 8 nitrogen and oxygen atoms in total. The van der Waals surface area contributed by atoms with E-state index in [0.29, 0.717) is 29.0 Å². The number of carbonyl (C=O) groups is 1. The zero-order valence-corrected chi connectivity index (χ0v) is 69.2. The van der Waals surface area contributed by atoms with Crippen LogP contribution in [0.1, 0.15) is 198 Å². The number of aryl methyl sites for hydroxylation is 3. The molecule has 3 unspecified atom stereocenters. The van der Waals surface area contributed by atoms with Gasteiger partial charge in [-0.2, -0.15) is 0 Å². The lowest BCUT2D eigenvalue weighted by Gasteiger charge is -2.22. The fourth-order valence-electron chi connectivity index (χ4n) is 14.2. The van der Waals surface area contributed by atoms with Crippen molar-refractivity contribution in [3.8, 4) is 0 Å². The summed E-state index contributed by atoms with van der Waals surface area (Å²) in [4.78, 5) is 31.8. The van der Waals surface area contributed by atoms with Crippen LogP contribution < -0.4 is 24.7 Å². The average molecular weight is 1470 g/mol. The number of carboxylic acid groups (broad SMARTS) is 1. The Morgan fingerprint density at radius 2 is 0.712 bits per heavy atom. The van der Waals surface area contributed by atoms with E-state index < -0.39 is 5.97 Å². The molecule has 0 radical (unpaired) electrons. The zero-order chi connectivity index (χ0) is 77.5. The third-order valence-electron chi connectivity index (χ3n) is 21.6. The van der Waals surface area contributed by atoms with Crippen LogP contribution in [0.4, 0.5) is 34.1 Å². The fraction of sp³-hybridized carbons (Fsp3) is 0.262. The number of hydrogen-bond acceptors (Lipinski definition) is 5. The van der Waals surface area contributed by atoms with Gasteiger partial charge in [-0.05, 0) is 263 Å². The van der Waals surface area contributed by atoms with Crippen LogP contribution in [0.25, 0.3) is 16.7 Å². The molecule has 0 aromatic heterocycles. The number of allylic oxidation sites excluding steroid dienone is 6. The minimum absolute atomic E-state index is 0. The van der Waals surface area contributed by atoms with Gasteiger partial charge in [-0.15, -0.1) is 0 Å². The Morgan fingerprint density at radius 1 is 0.378 bits per heavy atom. The first-order valence-corrected chi connectivity index (χ1v) is 39.7. The first-order chi connectivity index (χ1) is 52.9. The highest BCUT2D eigenvalue weighted by Gasteiger charge is 2.26. The molecule has 3 N–H and O–H groups in total. The second kappa shape index (κ2) is 41.5. The molecule has 111 heavy (non-hydrogen) atoms. The molecule has 0 bridgehead atoms. The SMILES string of the molecule is CCC(C)c1ccc(N=C2C=CC(=C(c3ccc(C)cc3)c3ccc(N(CC)CC)cc3)C(C(=O)O)=C2)cc1.CCC(C)c1ccc([NH+]=C(c2ccc(C)cc2)c2ccc(N(CC)CC)cc2)cc1.CCC(C)c1ccc([NH+]=C2C=CC(=C(c3ccc(C)cc3)c3ccc(N(CC)CC)cc3)c3ccccc32)cc1.[CH3-].[CH3-]. The van der Waals surface area contributed by atoms with Gasteiger partial charge in [-0.3, -0.25) is 0 Å². The summed E-state index contributed by atoms with van der Waals surface area (Å²) in [5, 5.41) is 10.3. The van der Waals surface area contributed by atoms with Crippen molar-refractivity contribution < 1.29 is 19.9 Å². The number of anilines is 3. The summed E-state index contributed by atoms with van der Waals surface area (Å²) in [7, 11) is 0. The van der Waals surface area contributed by atoms with E-state index in [1.807, 2.05) is 24.3 Å². The standard InChI is InChI=1S/C38H40N2.C35H38N2O2.C28H34N2.2CH3/c1-6-28(5)29-17-21-32(22-18-29)39-37-26-25-36(34-11-9-10-12-35(34)37)38(30-15-13-27(4)14-16-30)31-19-23-33(24-20-31)40(7-2)8-3;1-6-25(5)26-13-17-29(18-14-26)36-30-19-22-32(33(23-30)35(38)39)34(27-11-9-24(4)10-12-27)28-15-20-31(21-16-28)37(7-2)8-3;1-6-22(5)23-13-17-26(18-14-23)29-28(24-11-9-21(4)10-12-24)25-15-19-27(20-16-25)30(7-2)8-3;;/h9-26,28H,6-8H2,1-5H3;9-23,25H,6-8H2,1-5H3,(H,38,39);9-20,22H,6-8H2,1-5H3;2*1H3/q;;;2*-1/p+2. The third-order valence-corrected chi connectivity index (χ3v) is 21.6. The van der Waals surface area contributed by atoms with Crippen LogP contribution in [-0.4, -0.2) is 67.5 Å². The van der Waals surface area contributed by atoms with Crippen LogP contribution in [0.2, 0.25) is 0 Å². The van der Waals surface area contributed by atoms with Gasteiger partial charge in [0.15, 0.2) is 0 Å². The van der Waals surface area contributed by atoms with Crippen LogP contribution in [0, 0.1) is 35.6 Å². The minimum atomic E-state index is -0.974. The van der Waals surface area contributed by atoms with Crippen LogP contribution >= 0.6 is 0 Å². The molecule has 0 saturated carbocycles. The topological polar surface area (TPSA) is 87.3 Å². The number of rotatable bonds is 25. The Kier molecular flexibility index (Phi) is 32.0. The maximum atomic E-state index is 12.6. The number of fused-ring (bicyclic) bond motifs is 1. The summed E-state index contributed by atoms with van der Waals surface area (Å²) in [6.07, 6.45) is 13.4. The van der Waals surface area contributed by atoms with E-state index in [9.17, 15) is 9.90 Å². The molecule has 0 heterocycles. The first kappa shape index (κ1) is 85.4. The number of nitrogens with one attached hydrogen (secondary N) is 2. The van der Waals surface area contributed by atoms with Crippen LogP contribution in [0.5, 0.6) is 0 Å². The molecular formula is C103H120N6O2. The largest absolute Gasteiger partial charge is 0.478 e. The molecule has 0 aliphatic heterocycles. The fourth-order valence-corrected chi connectivity index (χ4v) is 14.2. The Hall–Kier alpha value is -11.2. The minimum Gasteiger partial charge on any atom is -0.478 e. The van der Waals surface area contributed by atoms with Gasteiger partial charge in [-0.1, -0.05) is 204 Å². The summed E-state index contributed by atoms with van der Waals surface area (Å²) in [5.74, 6) is 0.686. The number of aliphatic carboxylic acids is 1. The van der Waals surface area contributed by atoms with E-state index in [2.05, 4.69) is 371 Å². The van der Waals surface area contributed by atoms with Crippen molar-refractivity contribution in [1.29, 1.82) is 0 Å². The van der Waals surface area contributed by atoms with E-state index in [0.717, 1.165) is 115 Å². The van der Waals surface area contributed by atoms with E-state index in [1.54, 1.807) is 6.08 Å². The first-order valence-electron chi connectivity index (χ1n) is 39.7. The highest BCUT2D eigenvalue weighted by atomic mass is 16.4. The normalized spacial score (nSPS) is 14.7. The highest BCUT2D eigenvalue weighted by Crippen LogP contribution is 2.39. The van der Waals surface area contributed by atoms with Crippen molar-refractivity contribution in [2.75, 3.05) is 54.0 Å². The summed E-state index contributed by atoms with van der Waals surface area (Å²) in [6.45, 7) is 38.8. The molecule has 2 aliphatic rings. The van der Waals surface area contributed by atoms with Gasteiger partial charge in [0.25, 0.3) is 0 Å². The van der Waals surface area contributed by atoms with Crippen molar-refractivity contribution >= 4 is 73.9 Å². The Morgan fingerprint density at radius 3 is 1.09 bits per heavy atom. The van der Waals surface area contributed by atoms with E-state index in [1.165, 1.54) is 83.7 Å². The maximum absolute atomic E-state index is 12.6. The molecule has 12 rings (SSSR count). The summed E-state index contributed by atoms with van der Waals surface area (Å²) < 4.78 is 0. The third kappa shape index (κ3) is 21.8. The molecule has 0 saturated heterocycles. The monoisotopic (exact) mass is 1470 g/mol. The van der Waals surface area contributed by atoms with Crippen molar-refractivity contribution in [3.63, 3.8) is 0 Å². The quantitative estimate of drug-likeness (QED) is 0.0392. The molecule has 8 heteroatoms. The number of nitrogens with zero attached hydrogens (tertiary/aromatic N) is 4. The summed E-state index contributed by atoms with van der Waals surface area (Å²) >= 11 is 0. The predicted molar refractivity (Wildman–Crippen MR) is 480 cm³/mol. The maximum Gasteiger partial charge on any atom is 0.336 e. The number of aliphatic imine (C=N–C) groups is 1. The van der Waals surface area contributed by atoms with Crippen molar-refractivity contribution in [2.45, 2.75) is 141 Å². The highest BCUT2D eigenvalue weighted by molar-refractivity contribution is 6.18. The molecular weight excluding hydrogens is 1350 g/mol. The van der Waals surface area contributed by atoms with Gasteiger partial charge >= 0.3 is 5.97 Å². The van der Waals surface area contributed by atoms with Crippen LogP contribution in [0.15, 0.2) is 289 Å². The van der Waals surface area contributed by atoms with Gasteiger partial charge in [0, 0.05) is 97.8 Å². The van der Waals surface area contributed by atoms with Crippen LogP contribution in [0.3, 0.4) is 0 Å². The van der Waals surface area contributed by atoms with Gasteiger partial charge < -0.3 is 34.7 Å². The smallest absolute Gasteiger partial charge is 0.336 e. The molecule has 0 amide bonds. The Labute approximate surface area is 666 Å². The number of benzene rings is 10. The predicted octanol–water partition coefficient (Wildman–Crippen LogP) is 23.1. The van der Waals surface area contributed by atoms with Gasteiger partial charge in [-0.25, -0.2) is 19.8 Å². The second-order valence-electron chi connectivity index (χ2n) is 28.7. The molecule has 2 aliphatic carbocycles. The van der Waals surface area contributed by atoms with Gasteiger partial charge in [0.1, 0.15) is 0 Å². The van der Waals surface area contributed by atoms with E-state index in [4.69, 9.17) is 4.99 Å². The van der Waals surface area contributed by atoms with Gasteiger partial charge in [0.2, 0.25) is 22.8 Å². The van der Waals surface area contributed by atoms with E-state index >= 15 is 0 Å². The van der Waals surface area contributed by atoms with Crippen LogP contribution in [-0.2, 0) is 4.79 Å².